The third-order valence-corrected chi connectivity index (χ3v) is 5.49. The van der Waals surface area contributed by atoms with Crippen LogP contribution >= 0.6 is 24.0 Å². The Morgan fingerprint density at radius 2 is 1.74 bits per heavy atom. The lowest BCUT2D eigenvalue weighted by atomic mass is 10.1. The number of halogens is 1. The van der Waals surface area contributed by atoms with E-state index in [1.807, 2.05) is 24.0 Å². The molecule has 0 bridgehead atoms. The molecule has 0 aromatic heterocycles. The molecule has 1 N–H and O–H groups in total. The Bertz CT molecular complexity index is 765. The SMILES string of the molecule is CCNC(=NCc1ccccc1CN1CCCC1=O)N1CCN(C(=O)OCC)CC1.I. The molecule has 3 rings (SSSR count). The van der Waals surface area contributed by atoms with Gasteiger partial charge in [-0.3, -0.25) is 4.79 Å². The van der Waals surface area contributed by atoms with Crippen molar-refractivity contribution in [3.05, 3.63) is 35.4 Å². The van der Waals surface area contributed by atoms with Crippen LogP contribution in [0.15, 0.2) is 29.3 Å². The minimum Gasteiger partial charge on any atom is -0.450 e. The molecule has 9 heteroatoms. The molecule has 2 heterocycles. The summed E-state index contributed by atoms with van der Waals surface area (Å²) < 4.78 is 5.10. The molecule has 1 aromatic carbocycles. The molecule has 2 aliphatic heterocycles. The van der Waals surface area contributed by atoms with E-state index < -0.39 is 0 Å². The number of carbonyl (C=O) groups is 2. The number of ether oxygens (including phenoxy) is 1. The van der Waals surface area contributed by atoms with Crippen molar-refractivity contribution in [2.45, 2.75) is 39.8 Å². The highest BCUT2D eigenvalue weighted by Crippen LogP contribution is 2.18. The summed E-state index contributed by atoms with van der Waals surface area (Å²) in [5.41, 5.74) is 2.29. The number of piperazine rings is 1. The van der Waals surface area contributed by atoms with Crippen molar-refractivity contribution in [3.8, 4) is 0 Å². The first-order valence-corrected chi connectivity index (χ1v) is 10.9. The zero-order valence-electron chi connectivity index (χ0n) is 18.5. The largest absolute Gasteiger partial charge is 0.450 e. The normalized spacial score (nSPS) is 16.9. The van der Waals surface area contributed by atoms with Crippen molar-refractivity contribution in [2.75, 3.05) is 45.9 Å². The second-order valence-corrected chi connectivity index (χ2v) is 7.53. The number of rotatable bonds is 6. The number of carbonyl (C=O) groups excluding carboxylic acids is 2. The maximum absolute atomic E-state index is 12.0. The fourth-order valence-corrected chi connectivity index (χ4v) is 3.84. The molecular formula is C22H34IN5O3. The first kappa shape index (κ1) is 25.2. The summed E-state index contributed by atoms with van der Waals surface area (Å²) in [5, 5.41) is 3.37. The number of benzene rings is 1. The molecule has 2 fully saturated rings. The van der Waals surface area contributed by atoms with Gasteiger partial charge in [-0.2, -0.15) is 0 Å². The maximum atomic E-state index is 12.0. The van der Waals surface area contributed by atoms with Gasteiger partial charge in [0.2, 0.25) is 5.91 Å². The van der Waals surface area contributed by atoms with E-state index in [0.717, 1.165) is 36.6 Å². The van der Waals surface area contributed by atoms with E-state index in [1.165, 1.54) is 0 Å². The molecule has 0 atom stereocenters. The second kappa shape index (κ2) is 12.7. The lowest BCUT2D eigenvalue weighted by Crippen LogP contribution is -2.53. The zero-order chi connectivity index (χ0) is 21.3. The Kier molecular flexibility index (Phi) is 10.4. The van der Waals surface area contributed by atoms with Gasteiger partial charge in [0.05, 0.1) is 13.2 Å². The summed E-state index contributed by atoms with van der Waals surface area (Å²) in [5.74, 6) is 1.09. The highest BCUT2D eigenvalue weighted by molar-refractivity contribution is 14.0. The zero-order valence-corrected chi connectivity index (χ0v) is 20.8. The van der Waals surface area contributed by atoms with Crippen LogP contribution in [0.3, 0.4) is 0 Å². The number of likely N-dealkylation sites (tertiary alicyclic amines) is 1. The topological polar surface area (TPSA) is 77.5 Å². The molecule has 172 valence electrons. The highest BCUT2D eigenvalue weighted by Gasteiger charge is 2.24. The molecule has 1 aromatic rings. The van der Waals surface area contributed by atoms with E-state index in [0.29, 0.717) is 52.3 Å². The Labute approximate surface area is 202 Å². The van der Waals surface area contributed by atoms with E-state index >= 15 is 0 Å². The summed E-state index contributed by atoms with van der Waals surface area (Å²) in [6.07, 6.45) is 1.36. The van der Waals surface area contributed by atoms with Crippen LogP contribution in [0.2, 0.25) is 0 Å². The standard InChI is InChI=1S/C22H33N5O3.HI/c1-3-23-21(25-12-14-26(15-13-25)22(29)30-4-2)24-16-18-8-5-6-9-19(18)17-27-11-7-10-20(27)28;/h5-6,8-9H,3-4,7,10-17H2,1-2H3,(H,23,24);1H. The molecule has 0 unspecified atom stereocenters. The lowest BCUT2D eigenvalue weighted by Gasteiger charge is -2.36. The highest BCUT2D eigenvalue weighted by atomic mass is 127. The summed E-state index contributed by atoms with van der Waals surface area (Å²) in [6.45, 7) is 9.77. The molecule has 31 heavy (non-hydrogen) atoms. The van der Waals surface area contributed by atoms with Crippen molar-refractivity contribution < 1.29 is 14.3 Å². The molecule has 2 amide bonds. The number of hydrogen-bond donors (Lipinski definition) is 1. The monoisotopic (exact) mass is 543 g/mol. The quantitative estimate of drug-likeness (QED) is 0.339. The maximum Gasteiger partial charge on any atom is 0.409 e. The van der Waals surface area contributed by atoms with Gasteiger partial charge in [-0.15, -0.1) is 24.0 Å². The summed E-state index contributed by atoms with van der Waals surface area (Å²) in [7, 11) is 0. The van der Waals surface area contributed by atoms with Gasteiger partial charge in [0.25, 0.3) is 0 Å². The molecule has 8 nitrogen and oxygen atoms in total. The van der Waals surface area contributed by atoms with Crippen LogP contribution < -0.4 is 5.32 Å². The Hall–Kier alpha value is -2.04. The predicted octanol–water partition coefficient (Wildman–Crippen LogP) is 2.67. The van der Waals surface area contributed by atoms with Gasteiger partial charge in [-0.25, -0.2) is 9.79 Å². The van der Waals surface area contributed by atoms with Crippen LogP contribution in [0.1, 0.15) is 37.8 Å². The number of aliphatic imine (C=N–C) groups is 1. The van der Waals surface area contributed by atoms with Crippen LogP contribution in [0, 0.1) is 0 Å². The van der Waals surface area contributed by atoms with E-state index in [2.05, 4.69) is 29.3 Å². The number of nitrogens with zero attached hydrogens (tertiary/aromatic N) is 4. The first-order valence-electron chi connectivity index (χ1n) is 10.9. The molecule has 0 spiro atoms. The van der Waals surface area contributed by atoms with E-state index in [4.69, 9.17) is 9.73 Å². The van der Waals surface area contributed by atoms with Crippen molar-refractivity contribution in [3.63, 3.8) is 0 Å². The van der Waals surface area contributed by atoms with Crippen LogP contribution in [0.5, 0.6) is 0 Å². The van der Waals surface area contributed by atoms with Crippen molar-refractivity contribution in [2.24, 2.45) is 4.99 Å². The van der Waals surface area contributed by atoms with Gasteiger partial charge in [0.1, 0.15) is 0 Å². The van der Waals surface area contributed by atoms with Crippen LogP contribution in [-0.2, 0) is 22.6 Å². The van der Waals surface area contributed by atoms with Crippen molar-refractivity contribution >= 4 is 41.9 Å². The molecule has 0 aliphatic carbocycles. The minimum atomic E-state index is -0.246. The average Bonchev–Trinajstić information content (AvgIpc) is 3.17. The Balaban J connectivity index is 0.00000341. The summed E-state index contributed by atoms with van der Waals surface area (Å²) in [6, 6.07) is 8.21. The van der Waals surface area contributed by atoms with Gasteiger partial charge in [-0.05, 0) is 31.4 Å². The van der Waals surface area contributed by atoms with Crippen LogP contribution in [-0.4, -0.2) is 78.5 Å². The fraction of sp³-hybridized carbons (Fsp3) is 0.591. The summed E-state index contributed by atoms with van der Waals surface area (Å²) >= 11 is 0. The van der Waals surface area contributed by atoms with Gasteiger partial charge >= 0.3 is 6.09 Å². The van der Waals surface area contributed by atoms with Crippen molar-refractivity contribution in [1.82, 2.24) is 20.0 Å². The molecule has 2 aliphatic rings. The van der Waals surface area contributed by atoms with E-state index in [-0.39, 0.29) is 36.0 Å². The molecule has 0 radical (unpaired) electrons. The van der Waals surface area contributed by atoms with Gasteiger partial charge in [-0.1, -0.05) is 24.3 Å². The Morgan fingerprint density at radius 1 is 1.06 bits per heavy atom. The van der Waals surface area contributed by atoms with Gasteiger partial charge < -0.3 is 24.8 Å². The van der Waals surface area contributed by atoms with Crippen LogP contribution in [0.25, 0.3) is 0 Å². The number of nitrogens with one attached hydrogen (secondary N) is 1. The summed E-state index contributed by atoms with van der Waals surface area (Å²) in [4.78, 5) is 34.7. The molecule has 2 saturated heterocycles. The lowest BCUT2D eigenvalue weighted by molar-refractivity contribution is -0.128. The number of hydrogen-bond acceptors (Lipinski definition) is 4. The number of guanidine groups is 1. The average molecular weight is 543 g/mol. The van der Waals surface area contributed by atoms with E-state index in [9.17, 15) is 9.59 Å². The first-order chi connectivity index (χ1) is 14.6. The predicted molar refractivity (Wildman–Crippen MR) is 131 cm³/mol. The minimum absolute atomic E-state index is 0. The van der Waals surface area contributed by atoms with Gasteiger partial charge in [0, 0.05) is 52.2 Å². The molecule has 0 saturated carbocycles. The van der Waals surface area contributed by atoms with Gasteiger partial charge in [0.15, 0.2) is 5.96 Å². The molecular weight excluding hydrogens is 509 g/mol. The Morgan fingerprint density at radius 3 is 2.35 bits per heavy atom. The smallest absolute Gasteiger partial charge is 0.409 e. The van der Waals surface area contributed by atoms with Crippen LogP contribution in [0.4, 0.5) is 4.79 Å². The van der Waals surface area contributed by atoms with E-state index in [1.54, 1.807) is 4.90 Å². The number of amides is 2. The second-order valence-electron chi connectivity index (χ2n) is 7.53. The van der Waals surface area contributed by atoms with Crippen molar-refractivity contribution in [1.29, 1.82) is 0 Å². The third kappa shape index (κ3) is 6.98. The fourth-order valence-electron chi connectivity index (χ4n) is 3.84. The third-order valence-electron chi connectivity index (χ3n) is 5.49.